The standard InChI is InChI=1S/C29H36N4O5/c1-29(2,3)20-10-8-19(9-11-20)26-25-21(32(4)28(36)31-26)16-33(27(25)35)17-24(34)30-14-13-18-7-12-22(37-5)23(15-18)38-6/h7-12,15,26H,13-14,16-17H2,1-6H3,(H,30,34)(H,31,36)/t26-/m0/s1. The maximum absolute atomic E-state index is 13.4. The third kappa shape index (κ3) is 5.46. The van der Waals surface area contributed by atoms with Gasteiger partial charge in [0.2, 0.25) is 5.91 Å². The summed E-state index contributed by atoms with van der Waals surface area (Å²) in [6.45, 7) is 6.94. The van der Waals surface area contributed by atoms with Crippen molar-refractivity contribution in [1.29, 1.82) is 0 Å². The molecule has 9 heteroatoms. The molecule has 2 heterocycles. The van der Waals surface area contributed by atoms with Gasteiger partial charge < -0.3 is 25.0 Å². The summed E-state index contributed by atoms with van der Waals surface area (Å²) in [6, 6.07) is 12.8. The number of hydrogen-bond donors (Lipinski definition) is 2. The molecule has 0 saturated heterocycles. The van der Waals surface area contributed by atoms with Crippen molar-refractivity contribution in [2.75, 3.05) is 40.9 Å². The Bertz CT molecular complexity index is 1260. The Balaban J connectivity index is 1.41. The van der Waals surface area contributed by atoms with Crippen molar-refractivity contribution in [1.82, 2.24) is 20.4 Å². The van der Waals surface area contributed by atoms with E-state index in [4.69, 9.17) is 9.47 Å². The molecule has 2 aromatic rings. The van der Waals surface area contributed by atoms with Gasteiger partial charge in [0.15, 0.2) is 11.5 Å². The molecule has 0 saturated carbocycles. The van der Waals surface area contributed by atoms with E-state index < -0.39 is 6.04 Å². The number of rotatable bonds is 8. The van der Waals surface area contributed by atoms with Crippen LogP contribution in [-0.2, 0) is 21.4 Å². The zero-order valence-electron chi connectivity index (χ0n) is 22.9. The van der Waals surface area contributed by atoms with Crippen LogP contribution in [0.15, 0.2) is 53.7 Å². The highest BCUT2D eigenvalue weighted by Gasteiger charge is 2.43. The van der Waals surface area contributed by atoms with E-state index >= 15 is 0 Å². The topological polar surface area (TPSA) is 100 Å². The van der Waals surface area contributed by atoms with Gasteiger partial charge in [0.25, 0.3) is 5.91 Å². The average molecular weight is 521 g/mol. The van der Waals surface area contributed by atoms with Gasteiger partial charge in [-0.1, -0.05) is 51.1 Å². The minimum atomic E-state index is -0.562. The predicted molar refractivity (Wildman–Crippen MR) is 144 cm³/mol. The highest BCUT2D eigenvalue weighted by molar-refractivity contribution is 6.02. The first-order valence-corrected chi connectivity index (χ1v) is 12.7. The number of nitrogens with zero attached hydrogens (tertiary/aromatic N) is 2. The molecule has 38 heavy (non-hydrogen) atoms. The van der Waals surface area contributed by atoms with Crippen LogP contribution in [0, 0.1) is 0 Å². The molecule has 9 nitrogen and oxygen atoms in total. The van der Waals surface area contributed by atoms with Gasteiger partial charge >= 0.3 is 6.03 Å². The molecule has 2 aliphatic rings. The van der Waals surface area contributed by atoms with Crippen LogP contribution in [-0.4, -0.2) is 68.5 Å². The largest absolute Gasteiger partial charge is 0.493 e. The summed E-state index contributed by atoms with van der Waals surface area (Å²) in [4.78, 5) is 41.8. The highest BCUT2D eigenvalue weighted by Crippen LogP contribution is 2.36. The summed E-state index contributed by atoms with van der Waals surface area (Å²) < 4.78 is 10.6. The summed E-state index contributed by atoms with van der Waals surface area (Å²) >= 11 is 0. The molecule has 202 valence electrons. The Morgan fingerprint density at radius 1 is 1.05 bits per heavy atom. The smallest absolute Gasteiger partial charge is 0.322 e. The Labute approximate surface area is 223 Å². The lowest BCUT2D eigenvalue weighted by molar-refractivity contribution is -0.131. The number of methoxy groups -OCH3 is 2. The van der Waals surface area contributed by atoms with E-state index in [0.29, 0.717) is 35.7 Å². The molecule has 0 spiro atoms. The van der Waals surface area contributed by atoms with Crippen LogP contribution in [0.25, 0.3) is 0 Å². The molecule has 1 atom stereocenters. The third-order valence-corrected chi connectivity index (χ3v) is 7.06. The van der Waals surface area contributed by atoms with E-state index in [0.717, 1.165) is 11.1 Å². The van der Waals surface area contributed by atoms with Gasteiger partial charge in [-0.2, -0.15) is 0 Å². The summed E-state index contributed by atoms with van der Waals surface area (Å²) in [5.74, 6) is 0.773. The Morgan fingerprint density at radius 3 is 2.37 bits per heavy atom. The molecule has 0 fully saturated rings. The number of hydrogen-bond acceptors (Lipinski definition) is 5. The van der Waals surface area contributed by atoms with E-state index in [1.165, 1.54) is 15.4 Å². The van der Waals surface area contributed by atoms with Gasteiger partial charge in [0.1, 0.15) is 6.54 Å². The number of carbonyl (C=O) groups is 3. The molecule has 0 radical (unpaired) electrons. The fourth-order valence-corrected chi connectivity index (χ4v) is 4.79. The molecule has 0 unspecified atom stereocenters. The first-order chi connectivity index (χ1) is 18.0. The monoisotopic (exact) mass is 520 g/mol. The highest BCUT2D eigenvalue weighted by atomic mass is 16.5. The van der Waals surface area contributed by atoms with E-state index in [-0.39, 0.29) is 36.3 Å². The maximum atomic E-state index is 13.4. The van der Waals surface area contributed by atoms with E-state index in [2.05, 4.69) is 31.4 Å². The molecule has 2 aromatic carbocycles. The third-order valence-electron chi connectivity index (χ3n) is 7.06. The number of carbonyl (C=O) groups excluding carboxylic acids is 3. The minimum absolute atomic E-state index is 0.00816. The Hall–Kier alpha value is -4.01. The van der Waals surface area contributed by atoms with Gasteiger partial charge in [-0.3, -0.25) is 14.5 Å². The van der Waals surface area contributed by atoms with Gasteiger partial charge in [0.05, 0.1) is 38.1 Å². The zero-order chi connectivity index (χ0) is 27.6. The SMILES string of the molecule is COc1ccc(CCNC(=O)CN2CC3=C(C2=O)[C@H](c2ccc(C(C)(C)C)cc2)NC(=O)N3C)cc1OC. The molecule has 2 aliphatic heterocycles. The van der Waals surface area contributed by atoms with Gasteiger partial charge in [-0.25, -0.2) is 4.79 Å². The predicted octanol–water partition coefficient (Wildman–Crippen LogP) is 3.15. The molecule has 2 N–H and O–H groups in total. The summed E-state index contributed by atoms with van der Waals surface area (Å²) in [5.41, 5.74) is 4.12. The van der Waals surface area contributed by atoms with Crippen LogP contribution in [0.1, 0.15) is 43.5 Å². The zero-order valence-corrected chi connectivity index (χ0v) is 22.9. The molecule has 4 amide bonds. The van der Waals surface area contributed by atoms with E-state index in [1.807, 2.05) is 42.5 Å². The fraction of sp³-hybridized carbons (Fsp3) is 0.414. The van der Waals surface area contributed by atoms with Crippen LogP contribution < -0.4 is 20.1 Å². The Morgan fingerprint density at radius 2 is 1.74 bits per heavy atom. The second kappa shape index (κ2) is 10.8. The average Bonchev–Trinajstić information content (AvgIpc) is 3.21. The molecule has 4 rings (SSSR count). The van der Waals surface area contributed by atoms with Crippen molar-refractivity contribution in [3.05, 3.63) is 70.4 Å². The second-order valence-electron chi connectivity index (χ2n) is 10.6. The lowest BCUT2D eigenvalue weighted by Crippen LogP contribution is -2.45. The number of ether oxygens (including phenoxy) is 2. The van der Waals surface area contributed by atoms with Crippen LogP contribution in [0.5, 0.6) is 11.5 Å². The van der Waals surface area contributed by atoms with Crippen LogP contribution >= 0.6 is 0 Å². The van der Waals surface area contributed by atoms with Crippen LogP contribution in [0.4, 0.5) is 4.79 Å². The number of urea groups is 1. The molecular formula is C29H36N4O5. The maximum Gasteiger partial charge on any atom is 0.322 e. The second-order valence-corrected chi connectivity index (χ2v) is 10.6. The molecular weight excluding hydrogens is 484 g/mol. The Kier molecular flexibility index (Phi) is 7.66. The quantitative estimate of drug-likeness (QED) is 0.557. The summed E-state index contributed by atoms with van der Waals surface area (Å²) in [6.07, 6.45) is 0.600. The fourth-order valence-electron chi connectivity index (χ4n) is 4.79. The van der Waals surface area contributed by atoms with E-state index in [9.17, 15) is 14.4 Å². The van der Waals surface area contributed by atoms with Crippen molar-refractivity contribution in [2.24, 2.45) is 0 Å². The van der Waals surface area contributed by atoms with Gasteiger partial charge in [-0.05, 0) is 40.7 Å². The van der Waals surface area contributed by atoms with Crippen molar-refractivity contribution in [3.63, 3.8) is 0 Å². The van der Waals surface area contributed by atoms with Gasteiger partial charge in [0, 0.05) is 13.6 Å². The number of likely N-dealkylation sites (N-methyl/N-ethyl adjacent to an activating group) is 1. The normalized spacial score (nSPS) is 17.4. The van der Waals surface area contributed by atoms with Crippen LogP contribution in [0.2, 0.25) is 0 Å². The van der Waals surface area contributed by atoms with Crippen LogP contribution in [0.3, 0.4) is 0 Å². The van der Waals surface area contributed by atoms with E-state index in [1.54, 1.807) is 21.3 Å². The van der Waals surface area contributed by atoms with Crippen molar-refractivity contribution >= 4 is 17.8 Å². The molecule has 0 aliphatic carbocycles. The first kappa shape index (κ1) is 27.0. The molecule has 0 aromatic heterocycles. The van der Waals surface area contributed by atoms with Crippen molar-refractivity contribution < 1.29 is 23.9 Å². The number of benzene rings is 2. The van der Waals surface area contributed by atoms with Gasteiger partial charge in [-0.15, -0.1) is 0 Å². The number of nitrogens with one attached hydrogen (secondary N) is 2. The minimum Gasteiger partial charge on any atom is -0.493 e. The summed E-state index contributed by atoms with van der Waals surface area (Å²) in [7, 11) is 4.80. The molecule has 0 bridgehead atoms. The van der Waals surface area contributed by atoms with Crippen molar-refractivity contribution in [3.8, 4) is 11.5 Å². The first-order valence-electron chi connectivity index (χ1n) is 12.7. The lowest BCUT2D eigenvalue weighted by Gasteiger charge is -2.31. The summed E-state index contributed by atoms with van der Waals surface area (Å²) in [5, 5.41) is 5.84. The lowest BCUT2D eigenvalue weighted by atomic mass is 9.85. The van der Waals surface area contributed by atoms with Crippen molar-refractivity contribution in [2.45, 2.75) is 38.6 Å². The number of amides is 4.